The van der Waals surface area contributed by atoms with Crippen molar-refractivity contribution < 1.29 is 17.1 Å². The molecule has 0 amide bonds. The fourth-order valence-corrected chi connectivity index (χ4v) is 0.656. The topological polar surface area (TPSA) is 0 Å². The van der Waals surface area contributed by atoms with Gasteiger partial charge in [-0.25, -0.2) is 0 Å². The predicted octanol–water partition coefficient (Wildman–Crippen LogP) is 2.25. The summed E-state index contributed by atoms with van der Waals surface area (Å²) in [4.78, 5) is 0. The van der Waals surface area contributed by atoms with Crippen molar-refractivity contribution in [3.8, 4) is 0 Å². The molecule has 0 bridgehead atoms. The molecule has 1 rings (SSSR count). The number of rotatable bonds is 0. The van der Waals surface area contributed by atoms with Crippen molar-refractivity contribution in [2.75, 3.05) is 0 Å². The molecule has 0 aromatic heterocycles. The van der Waals surface area contributed by atoms with Gasteiger partial charge in [-0.2, -0.15) is 30.3 Å². The molecule has 0 fully saturated rings. The largest absolute Gasteiger partial charge is 1.00 e. The molecule has 0 spiro atoms. The third kappa shape index (κ3) is 2.51. The second-order valence-corrected chi connectivity index (χ2v) is 2.14. The van der Waals surface area contributed by atoms with E-state index in [0.29, 0.717) is 0 Å². The first-order chi connectivity index (χ1) is 3.39. The maximum atomic E-state index is 3.28. The van der Waals surface area contributed by atoms with Crippen molar-refractivity contribution in [2.45, 2.75) is 0 Å². The monoisotopic (exact) mass is 218 g/mol. The molecule has 1 aromatic carbocycles. The normalized spacial score (nSPS) is 7.62. The van der Waals surface area contributed by atoms with Crippen LogP contribution in [0.5, 0.6) is 0 Å². The Hall–Kier alpha value is 0.219. The van der Waals surface area contributed by atoms with Crippen molar-refractivity contribution in [1.82, 2.24) is 0 Å². The van der Waals surface area contributed by atoms with Crippen LogP contribution in [-0.4, -0.2) is 0 Å². The van der Waals surface area contributed by atoms with E-state index >= 15 is 0 Å². The van der Waals surface area contributed by atoms with E-state index in [9.17, 15) is 0 Å². The first-order valence-corrected chi connectivity index (χ1v) is 2.80. The van der Waals surface area contributed by atoms with Crippen LogP contribution in [0.4, 0.5) is 0 Å². The zero-order valence-electron chi connectivity index (χ0n) is 3.99. The molecule has 8 heavy (non-hydrogen) atoms. The average Bonchev–Trinajstić information content (AvgIpc) is 1.69. The predicted molar refractivity (Wildman–Crippen MR) is 33.0 cm³/mol. The maximum absolute atomic E-state index is 3.28. The van der Waals surface area contributed by atoms with E-state index < -0.39 is 0 Å². The molecule has 0 saturated carbocycles. The summed E-state index contributed by atoms with van der Waals surface area (Å²) in [5, 5.41) is 0. The fourth-order valence-electron chi connectivity index (χ4n) is 0.371. The molecule has 0 heterocycles. The van der Waals surface area contributed by atoms with Crippen molar-refractivity contribution in [2.24, 2.45) is 0 Å². The minimum absolute atomic E-state index is 0. The van der Waals surface area contributed by atoms with Gasteiger partial charge in [-0.15, -0.1) is 15.9 Å². The molecule has 0 aliphatic heterocycles. The van der Waals surface area contributed by atoms with Gasteiger partial charge in [0.25, 0.3) is 0 Å². The molecule has 46 valence electrons. The van der Waals surface area contributed by atoms with Crippen molar-refractivity contribution in [3.05, 3.63) is 34.8 Å². The smallest absolute Gasteiger partial charge is 0.183 e. The molecule has 0 nitrogen and oxygen atoms in total. The Morgan fingerprint density at radius 1 is 1.50 bits per heavy atom. The molecule has 0 radical (unpaired) electrons. The van der Waals surface area contributed by atoms with Crippen LogP contribution in [0.2, 0.25) is 0 Å². The summed E-state index contributed by atoms with van der Waals surface area (Å²) in [6, 6.07) is 10.6. The number of hydrogen-bond acceptors (Lipinski definition) is 0. The minimum Gasteiger partial charge on any atom is -0.183 e. The molecular weight excluding hydrogens is 216 g/mol. The van der Waals surface area contributed by atoms with E-state index in [4.69, 9.17) is 0 Å². The Morgan fingerprint density at radius 3 is 2.50 bits per heavy atom. The molecule has 0 N–H and O–H groups in total. The Labute approximate surface area is 67.9 Å². The Bertz CT molecular complexity index is 138. The summed E-state index contributed by atoms with van der Waals surface area (Å²) in [5.41, 5.74) is 0. The maximum Gasteiger partial charge on any atom is 1.00 e. The average molecular weight is 220 g/mol. The molecule has 0 unspecified atom stereocenters. The van der Waals surface area contributed by atoms with Gasteiger partial charge in [-0.05, 0) is 0 Å². The minimum atomic E-state index is 0. The number of benzene rings is 1. The molecule has 0 atom stereocenters. The molecular formula is C6H4BrCu. The molecule has 0 saturated heterocycles. The van der Waals surface area contributed by atoms with Crippen LogP contribution >= 0.6 is 15.9 Å². The Balaban J connectivity index is 0.000000490. The zero-order valence-corrected chi connectivity index (χ0v) is 6.52. The van der Waals surface area contributed by atoms with Gasteiger partial charge in [0.05, 0.1) is 0 Å². The van der Waals surface area contributed by atoms with E-state index in [0.717, 1.165) is 4.47 Å². The van der Waals surface area contributed by atoms with E-state index in [2.05, 4.69) is 22.0 Å². The zero-order chi connectivity index (χ0) is 5.11. The summed E-state index contributed by atoms with van der Waals surface area (Å²) in [5.74, 6) is 0. The first kappa shape index (κ1) is 8.22. The van der Waals surface area contributed by atoms with Gasteiger partial charge < -0.3 is 0 Å². The van der Waals surface area contributed by atoms with Crippen LogP contribution in [0, 0.1) is 6.07 Å². The van der Waals surface area contributed by atoms with Crippen LogP contribution in [-0.2, 0) is 17.1 Å². The van der Waals surface area contributed by atoms with Gasteiger partial charge >= 0.3 is 17.1 Å². The fraction of sp³-hybridized carbons (Fsp3) is 0. The van der Waals surface area contributed by atoms with Gasteiger partial charge in [-0.1, -0.05) is 4.47 Å². The SMILES string of the molecule is Brc1c[c-]ccc1.[Cu+]. The standard InChI is InChI=1S/C6H4Br.Cu/c7-6-4-2-1-3-5-6;/h1-2,4-5H;/q-1;+1. The molecule has 0 aliphatic carbocycles. The number of hydrogen-bond donors (Lipinski definition) is 0. The van der Waals surface area contributed by atoms with Gasteiger partial charge in [0.15, 0.2) is 0 Å². The van der Waals surface area contributed by atoms with E-state index in [-0.39, 0.29) is 17.1 Å². The van der Waals surface area contributed by atoms with Crippen LogP contribution < -0.4 is 0 Å². The van der Waals surface area contributed by atoms with Crippen LogP contribution in [0.25, 0.3) is 0 Å². The van der Waals surface area contributed by atoms with Gasteiger partial charge in [0.1, 0.15) is 0 Å². The van der Waals surface area contributed by atoms with Gasteiger partial charge in [0.2, 0.25) is 0 Å². The Kier molecular flexibility index (Phi) is 4.25. The van der Waals surface area contributed by atoms with Crippen molar-refractivity contribution in [1.29, 1.82) is 0 Å². The third-order valence-corrected chi connectivity index (χ3v) is 1.16. The van der Waals surface area contributed by atoms with Gasteiger partial charge in [-0.3, -0.25) is 0 Å². The summed E-state index contributed by atoms with van der Waals surface area (Å²) in [7, 11) is 0. The second-order valence-electron chi connectivity index (χ2n) is 1.22. The first-order valence-electron chi connectivity index (χ1n) is 2.01. The summed E-state index contributed by atoms with van der Waals surface area (Å²) < 4.78 is 1.08. The van der Waals surface area contributed by atoms with Gasteiger partial charge in [0, 0.05) is 0 Å². The van der Waals surface area contributed by atoms with Crippen LogP contribution in [0.1, 0.15) is 0 Å². The summed E-state index contributed by atoms with van der Waals surface area (Å²) in [6.07, 6.45) is 0. The molecule has 0 aliphatic rings. The quantitative estimate of drug-likeness (QED) is 0.464. The van der Waals surface area contributed by atoms with E-state index in [1.165, 1.54) is 0 Å². The van der Waals surface area contributed by atoms with E-state index in [1.807, 2.05) is 24.3 Å². The molecule has 2 heteroatoms. The Morgan fingerprint density at radius 2 is 2.25 bits per heavy atom. The summed E-state index contributed by atoms with van der Waals surface area (Å²) >= 11 is 3.28. The van der Waals surface area contributed by atoms with E-state index in [1.54, 1.807) is 0 Å². The molecule has 1 aromatic rings. The van der Waals surface area contributed by atoms with Crippen LogP contribution in [0.15, 0.2) is 28.7 Å². The third-order valence-electron chi connectivity index (χ3n) is 0.669. The second kappa shape index (κ2) is 4.13. The van der Waals surface area contributed by atoms with Crippen LogP contribution in [0.3, 0.4) is 0 Å². The summed E-state index contributed by atoms with van der Waals surface area (Å²) in [6.45, 7) is 0. The van der Waals surface area contributed by atoms with Crippen molar-refractivity contribution in [3.63, 3.8) is 0 Å². The van der Waals surface area contributed by atoms with Crippen molar-refractivity contribution >= 4 is 15.9 Å². The number of halogens is 1.